The van der Waals surface area contributed by atoms with Gasteiger partial charge in [0.25, 0.3) is 5.91 Å². The number of nitriles is 1. The smallest absolute Gasteiger partial charge is 0.339 e. The number of pyridine rings is 1. The molecule has 0 unspecified atom stereocenters. The number of carbonyl (C=O) groups is 2. The molecule has 0 saturated carbocycles. The highest BCUT2D eigenvalue weighted by atomic mass is 16.5. The van der Waals surface area contributed by atoms with Gasteiger partial charge in [-0.15, -0.1) is 0 Å². The molecule has 0 aliphatic heterocycles. The summed E-state index contributed by atoms with van der Waals surface area (Å²) in [4.78, 5) is 28.6. The number of rotatable bonds is 5. The molecule has 2 aromatic carbocycles. The molecular formula is C21H16N4O3. The lowest BCUT2D eigenvalue weighted by Gasteiger charge is -2.11. The Morgan fingerprint density at radius 3 is 2.54 bits per heavy atom. The third kappa shape index (κ3) is 4.31. The second kappa shape index (κ2) is 8.47. The molecule has 0 aliphatic rings. The van der Waals surface area contributed by atoms with Crippen LogP contribution in [0.4, 0.5) is 17.2 Å². The number of nitrogens with one attached hydrogen (secondary N) is 2. The van der Waals surface area contributed by atoms with Crippen molar-refractivity contribution in [2.45, 2.75) is 0 Å². The van der Waals surface area contributed by atoms with Gasteiger partial charge in [0.05, 0.1) is 30.0 Å². The zero-order valence-corrected chi connectivity index (χ0v) is 15.0. The summed E-state index contributed by atoms with van der Waals surface area (Å²) in [6.45, 7) is 0. The second-order valence-electron chi connectivity index (χ2n) is 5.74. The Labute approximate surface area is 161 Å². The molecule has 1 heterocycles. The van der Waals surface area contributed by atoms with Crippen LogP contribution in [0, 0.1) is 11.3 Å². The molecule has 138 valence electrons. The molecule has 0 radical (unpaired) electrons. The highest BCUT2D eigenvalue weighted by molar-refractivity contribution is 6.04. The molecule has 1 amide bonds. The summed E-state index contributed by atoms with van der Waals surface area (Å²) in [5, 5.41) is 14.6. The van der Waals surface area contributed by atoms with Gasteiger partial charge in [-0.3, -0.25) is 4.79 Å². The van der Waals surface area contributed by atoms with Gasteiger partial charge in [0.1, 0.15) is 5.82 Å². The Morgan fingerprint density at radius 1 is 1.07 bits per heavy atom. The summed E-state index contributed by atoms with van der Waals surface area (Å²) in [6, 6.07) is 18.6. The van der Waals surface area contributed by atoms with E-state index in [1.54, 1.807) is 60.7 Å². The predicted molar refractivity (Wildman–Crippen MR) is 104 cm³/mol. The fraction of sp³-hybridized carbons (Fsp3) is 0.0476. The fourth-order valence-electron chi connectivity index (χ4n) is 2.49. The summed E-state index contributed by atoms with van der Waals surface area (Å²) in [7, 11) is 1.31. The molecule has 0 spiro atoms. The van der Waals surface area contributed by atoms with Crippen molar-refractivity contribution in [1.82, 2.24) is 4.98 Å². The number of amides is 1. The van der Waals surface area contributed by atoms with Crippen LogP contribution < -0.4 is 10.6 Å². The van der Waals surface area contributed by atoms with Crippen molar-refractivity contribution in [3.8, 4) is 6.07 Å². The van der Waals surface area contributed by atoms with Crippen LogP contribution in [0.5, 0.6) is 0 Å². The molecule has 7 nitrogen and oxygen atoms in total. The van der Waals surface area contributed by atoms with Crippen LogP contribution in [0.1, 0.15) is 26.3 Å². The quantitative estimate of drug-likeness (QED) is 0.661. The van der Waals surface area contributed by atoms with Gasteiger partial charge in [0.2, 0.25) is 0 Å². The zero-order chi connectivity index (χ0) is 19.9. The van der Waals surface area contributed by atoms with Crippen LogP contribution in [-0.2, 0) is 4.74 Å². The number of para-hydroxylation sites is 1. The third-order valence-corrected chi connectivity index (χ3v) is 3.89. The molecule has 7 heteroatoms. The number of hydrogen-bond acceptors (Lipinski definition) is 6. The molecule has 0 saturated heterocycles. The van der Waals surface area contributed by atoms with Crippen molar-refractivity contribution in [2.75, 3.05) is 17.7 Å². The highest BCUT2D eigenvalue weighted by Crippen LogP contribution is 2.21. The maximum absolute atomic E-state index is 12.5. The van der Waals surface area contributed by atoms with Crippen molar-refractivity contribution in [3.05, 3.63) is 83.6 Å². The number of aromatic nitrogens is 1. The van der Waals surface area contributed by atoms with E-state index in [-0.39, 0.29) is 5.91 Å². The van der Waals surface area contributed by atoms with Crippen molar-refractivity contribution in [1.29, 1.82) is 5.26 Å². The van der Waals surface area contributed by atoms with Crippen LogP contribution >= 0.6 is 0 Å². The first-order valence-corrected chi connectivity index (χ1v) is 8.32. The van der Waals surface area contributed by atoms with E-state index in [0.29, 0.717) is 33.9 Å². The van der Waals surface area contributed by atoms with Crippen molar-refractivity contribution in [2.24, 2.45) is 0 Å². The lowest BCUT2D eigenvalue weighted by atomic mass is 10.1. The van der Waals surface area contributed by atoms with E-state index in [0.717, 1.165) is 0 Å². The molecular weight excluding hydrogens is 356 g/mol. The number of carbonyl (C=O) groups excluding carboxylic acids is 2. The van der Waals surface area contributed by atoms with E-state index in [1.165, 1.54) is 13.3 Å². The van der Waals surface area contributed by atoms with Crippen LogP contribution in [0.2, 0.25) is 0 Å². The fourth-order valence-corrected chi connectivity index (χ4v) is 2.49. The normalized spacial score (nSPS) is 9.86. The van der Waals surface area contributed by atoms with E-state index in [1.807, 2.05) is 6.07 Å². The largest absolute Gasteiger partial charge is 0.465 e. The van der Waals surface area contributed by atoms with Crippen LogP contribution in [0.25, 0.3) is 0 Å². The van der Waals surface area contributed by atoms with Crippen molar-refractivity contribution in [3.63, 3.8) is 0 Å². The molecule has 0 atom stereocenters. The average molecular weight is 372 g/mol. The predicted octanol–water partition coefficient (Wildman–Crippen LogP) is 3.74. The average Bonchev–Trinajstić information content (AvgIpc) is 2.74. The highest BCUT2D eigenvalue weighted by Gasteiger charge is 2.13. The van der Waals surface area contributed by atoms with Gasteiger partial charge in [-0.25, -0.2) is 9.78 Å². The molecule has 3 rings (SSSR count). The van der Waals surface area contributed by atoms with Gasteiger partial charge < -0.3 is 15.4 Å². The first-order chi connectivity index (χ1) is 13.6. The summed E-state index contributed by atoms with van der Waals surface area (Å²) < 4.78 is 4.78. The lowest BCUT2D eigenvalue weighted by Crippen LogP contribution is -2.12. The van der Waals surface area contributed by atoms with Gasteiger partial charge in [-0.1, -0.05) is 12.1 Å². The minimum Gasteiger partial charge on any atom is -0.465 e. The lowest BCUT2D eigenvalue weighted by molar-refractivity contribution is 0.0601. The second-order valence-corrected chi connectivity index (χ2v) is 5.74. The summed E-state index contributed by atoms with van der Waals surface area (Å²) >= 11 is 0. The summed E-state index contributed by atoms with van der Waals surface area (Å²) in [6.07, 6.45) is 1.50. The topological polar surface area (TPSA) is 104 Å². The minimum absolute atomic E-state index is 0.323. The van der Waals surface area contributed by atoms with E-state index in [2.05, 4.69) is 15.6 Å². The first-order valence-electron chi connectivity index (χ1n) is 8.32. The molecule has 0 bridgehead atoms. The Bertz CT molecular complexity index is 1060. The number of nitrogens with zero attached hydrogens (tertiary/aromatic N) is 2. The summed E-state index contributed by atoms with van der Waals surface area (Å²) in [5.74, 6) is -0.391. The number of anilines is 3. The van der Waals surface area contributed by atoms with Crippen LogP contribution in [0.15, 0.2) is 66.9 Å². The minimum atomic E-state index is -0.474. The van der Waals surface area contributed by atoms with E-state index >= 15 is 0 Å². The molecule has 28 heavy (non-hydrogen) atoms. The number of ether oxygens (including phenoxy) is 1. The SMILES string of the molecule is COC(=O)c1ccccc1Nc1cc(C(=O)Nc2ccc(C#N)cc2)ccn1. The van der Waals surface area contributed by atoms with E-state index in [4.69, 9.17) is 10.00 Å². The number of methoxy groups -OCH3 is 1. The Hall–Kier alpha value is -4.18. The maximum atomic E-state index is 12.5. The molecule has 2 N–H and O–H groups in total. The standard InChI is InChI=1S/C21H16N4O3/c1-28-21(27)17-4-2-3-5-18(17)25-19-12-15(10-11-23-19)20(26)24-16-8-6-14(13-22)7-9-16/h2-12H,1H3,(H,23,25)(H,24,26). The van der Waals surface area contributed by atoms with Gasteiger partial charge >= 0.3 is 5.97 Å². The Kier molecular flexibility index (Phi) is 5.63. The monoisotopic (exact) mass is 372 g/mol. The van der Waals surface area contributed by atoms with Crippen LogP contribution in [0.3, 0.4) is 0 Å². The molecule has 3 aromatic rings. The maximum Gasteiger partial charge on any atom is 0.339 e. The Balaban J connectivity index is 1.78. The molecule has 0 fully saturated rings. The van der Waals surface area contributed by atoms with Crippen molar-refractivity contribution >= 4 is 29.1 Å². The van der Waals surface area contributed by atoms with Gasteiger partial charge in [-0.2, -0.15) is 5.26 Å². The third-order valence-electron chi connectivity index (χ3n) is 3.89. The van der Waals surface area contributed by atoms with Gasteiger partial charge in [-0.05, 0) is 48.5 Å². The number of hydrogen-bond donors (Lipinski definition) is 2. The van der Waals surface area contributed by atoms with E-state index in [9.17, 15) is 9.59 Å². The van der Waals surface area contributed by atoms with Gasteiger partial charge in [0, 0.05) is 17.4 Å². The Morgan fingerprint density at radius 2 is 1.82 bits per heavy atom. The molecule has 1 aromatic heterocycles. The first kappa shape index (κ1) is 18.6. The number of esters is 1. The zero-order valence-electron chi connectivity index (χ0n) is 15.0. The van der Waals surface area contributed by atoms with E-state index < -0.39 is 5.97 Å². The van der Waals surface area contributed by atoms with Crippen molar-refractivity contribution < 1.29 is 14.3 Å². The van der Waals surface area contributed by atoms with Gasteiger partial charge in [0.15, 0.2) is 0 Å². The van der Waals surface area contributed by atoms with Crippen LogP contribution in [-0.4, -0.2) is 24.0 Å². The molecule has 0 aliphatic carbocycles. The number of benzene rings is 2. The summed E-state index contributed by atoms with van der Waals surface area (Å²) in [5.41, 5.74) is 2.35.